The Hall–Kier alpha value is -0.910. The molecule has 5 heteroatoms. The molecule has 2 atom stereocenters. The van der Waals surface area contributed by atoms with Crippen molar-refractivity contribution in [3.05, 3.63) is 35.9 Å². The summed E-state index contributed by atoms with van der Waals surface area (Å²) in [5.41, 5.74) is 0.823. The van der Waals surface area contributed by atoms with Crippen molar-refractivity contribution in [2.24, 2.45) is 0 Å². The summed E-state index contributed by atoms with van der Waals surface area (Å²) in [5, 5.41) is 0. The molecular formula is C13H19NO3S. The van der Waals surface area contributed by atoms with Crippen LogP contribution < -0.4 is 0 Å². The second kappa shape index (κ2) is 5.38. The fourth-order valence-electron chi connectivity index (χ4n) is 2.23. The maximum Gasteiger partial charge on any atom is 0.218 e. The predicted molar refractivity (Wildman–Crippen MR) is 70.6 cm³/mol. The minimum Gasteiger partial charge on any atom is -0.373 e. The molecule has 1 aromatic rings. The van der Waals surface area contributed by atoms with E-state index in [0.29, 0.717) is 13.1 Å². The van der Waals surface area contributed by atoms with Gasteiger partial charge >= 0.3 is 0 Å². The third-order valence-electron chi connectivity index (χ3n) is 2.97. The molecule has 0 amide bonds. The van der Waals surface area contributed by atoms with Crippen molar-refractivity contribution >= 4 is 10.0 Å². The van der Waals surface area contributed by atoms with E-state index in [1.54, 1.807) is 4.31 Å². The molecule has 1 aliphatic heterocycles. The molecule has 1 aliphatic rings. The van der Waals surface area contributed by atoms with E-state index in [1.807, 2.05) is 44.2 Å². The molecule has 0 aliphatic carbocycles. The Morgan fingerprint density at radius 3 is 2.28 bits per heavy atom. The van der Waals surface area contributed by atoms with E-state index in [1.165, 1.54) is 0 Å². The fourth-order valence-corrected chi connectivity index (χ4v) is 3.90. The Morgan fingerprint density at radius 1 is 1.17 bits per heavy atom. The van der Waals surface area contributed by atoms with E-state index in [4.69, 9.17) is 4.74 Å². The number of ether oxygens (including phenoxy) is 1. The molecule has 0 unspecified atom stereocenters. The van der Waals surface area contributed by atoms with Crippen molar-refractivity contribution in [2.45, 2.75) is 31.8 Å². The predicted octanol–water partition coefficient (Wildman–Crippen LogP) is 1.63. The largest absolute Gasteiger partial charge is 0.373 e. The highest BCUT2D eigenvalue weighted by Gasteiger charge is 2.30. The maximum absolute atomic E-state index is 12.3. The summed E-state index contributed by atoms with van der Waals surface area (Å²) < 4.78 is 31.7. The molecule has 4 nitrogen and oxygen atoms in total. The highest BCUT2D eigenvalue weighted by Crippen LogP contribution is 2.17. The van der Waals surface area contributed by atoms with Gasteiger partial charge in [-0.1, -0.05) is 30.3 Å². The van der Waals surface area contributed by atoms with E-state index in [2.05, 4.69) is 0 Å². The number of nitrogens with zero attached hydrogens (tertiary/aromatic N) is 1. The van der Waals surface area contributed by atoms with Crippen LogP contribution in [0.5, 0.6) is 0 Å². The second-order valence-electron chi connectivity index (χ2n) is 4.82. The molecule has 0 spiro atoms. The second-order valence-corrected chi connectivity index (χ2v) is 6.79. The van der Waals surface area contributed by atoms with Crippen LogP contribution in [0.15, 0.2) is 30.3 Å². The number of hydrogen-bond acceptors (Lipinski definition) is 3. The summed E-state index contributed by atoms with van der Waals surface area (Å²) in [7, 11) is -3.25. The molecule has 0 bridgehead atoms. The van der Waals surface area contributed by atoms with Crippen LogP contribution in [-0.2, 0) is 20.5 Å². The Kier molecular flexibility index (Phi) is 4.04. The van der Waals surface area contributed by atoms with Crippen LogP contribution in [0.4, 0.5) is 0 Å². The minimum atomic E-state index is -3.25. The molecule has 100 valence electrons. The molecular weight excluding hydrogens is 250 g/mol. The van der Waals surface area contributed by atoms with Gasteiger partial charge in [-0.05, 0) is 19.4 Å². The average Bonchev–Trinajstić information content (AvgIpc) is 2.28. The lowest BCUT2D eigenvalue weighted by Gasteiger charge is -2.34. The molecule has 0 saturated carbocycles. The van der Waals surface area contributed by atoms with Crippen molar-refractivity contribution in [3.63, 3.8) is 0 Å². The lowest BCUT2D eigenvalue weighted by molar-refractivity contribution is -0.0441. The zero-order chi connectivity index (χ0) is 13.2. The monoisotopic (exact) mass is 269 g/mol. The zero-order valence-electron chi connectivity index (χ0n) is 10.7. The summed E-state index contributed by atoms with van der Waals surface area (Å²) in [6, 6.07) is 9.27. The average molecular weight is 269 g/mol. The Labute approximate surface area is 109 Å². The van der Waals surface area contributed by atoms with Crippen LogP contribution in [0.2, 0.25) is 0 Å². The number of sulfonamides is 1. The van der Waals surface area contributed by atoms with Gasteiger partial charge in [-0.25, -0.2) is 8.42 Å². The number of benzene rings is 1. The van der Waals surface area contributed by atoms with Gasteiger partial charge in [-0.2, -0.15) is 4.31 Å². The van der Waals surface area contributed by atoms with E-state index in [0.717, 1.165) is 5.56 Å². The topological polar surface area (TPSA) is 46.6 Å². The first-order chi connectivity index (χ1) is 8.47. The normalized spacial score (nSPS) is 26.1. The van der Waals surface area contributed by atoms with Crippen LogP contribution in [0.25, 0.3) is 0 Å². The van der Waals surface area contributed by atoms with Crippen LogP contribution in [0.1, 0.15) is 19.4 Å². The van der Waals surface area contributed by atoms with Gasteiger partial charge in [0.25, 0.3) is 0 Å². The van der Waals surface area contributed by atoms with E-state index >= 15 is 0 Å². The molecule has 1 aromatic carbocycles. The van der Waals surface area contributed by atoms with Gasteiger partial charge in [0.05, 0.1) is 18.0 Å². The van der Waals surface area contributed by atoms with Gasteiger partial charge in [0.1, 0.15) is 0 Å². The smallest absolute Gasteiger partial charge is 0.218 e. The third-order valence-corrected chi connectivity index (χ3v) is 4.75. The first-order valence-electron chi connectivity index (χ1n) is 6.14. The molecule has 1 saturated heterocycles. The summed E-state index contributed by atoms with van der Waals surface area (Å²) in [6.07, 6.45) is -0.0846. The summed E-state index contributed by atoms with van der Waals surface area (Å²) in [5.74, 6) is 0.0628. The molecule has 2 rings (SSSR count). The van der Waals surface area contributed by atoms with E-state index in [9.17, 15) is 8.42 Å². The molecule has 0 N–H and O–H groups in total. The Balaban J connectivity index is 2.11. The number of hydrogen-bond donors (Lipinski definition) is 0. The van der Waals surface area contributed by atoms with Crippen LogP contribution >= 0.6 is 0 Å². The first kappa shape index (κ1) is 13.5. The lowest BCUT2D eigenvalue weighted by atomic mass is 10.2. The summed E-state index contributed by atoms with van der Waals surface area (Å²) in [6.45, 7) is 4.69. The lowest BCUT2D eigenvalue weighted by Crippen LogP contribution is -2.48. The molecule has 18 heavy (non-hydrogen) atoms. The van der Waals surface area contributed by atoms with Crippen molar-refractivity contribution in [3.8, 4) is 0 Å². The Morgan fingerprint density at radius 2 is 1.72 bits per heavy atom. The minimum absolute atomic E-state index is 0.0423. The van der Waals surface area contributed by atoms with E-state index < -0.39 is 10.0 Å². The van der Waals surface area contributed by atoms with Crippen molar-refractivity contribution in [1.29, 1.82) is 0 Å². The molecule has 0 aromatic heterocycles. The van der Waals surface area contributed by atoms with E-state index in [-0.39, 0.29) is 18.0 Å². The van der Waals surface area contributed by atoms with Crippen LogP contribution in [0.3, 0.4) is 0 Å². The van der Waals surface area contributed by atoms with Gasteiger partial charge in [0.15, 0.2) is 0 Å². The van der Waals surface area contributed by atoms with Crippen molar-refractivity contribution in [1.82, 2.24) is 4.31 Å². The van der Waals surface area contributed by atoms with Gasteiger partial charge in [-0.3, -0.25) is 0 Å². The van der Waals surface area contributed by atoms with Gasteiger partial charge < -0.3 is 4.74 Å². The summed E-state index contributed by atoms with van der Waals surface area (Å²) in [4.78, 5) is 0. The quantitative estimate of drug-likeness (QED) is 0.838. The highest BCUT2D eigenvalue weighted by molar-refractivity contribution is 7.88. The standard InChI is InChI=1S/C13H19NO3S/c1-11-8-14(9-12(2)17-11)18(15,16)10-13-6-4-3-5-7-13/h3-7,11-12H,8-10H2,1-2H3/t11-,12-/m0/s1. The number of morpholine rings is 1. The van der Waals surface area contributed by atoms with Gasteiger partial charge in [0.2, 0.25) is 10.0 Å². The summed E-state index contributed by atoms with van der Waals surface area (Å²) >= 11 is 0. The van der Waals surface area contributed by atoms with Crippen molar-refractivity contribution in [2.75, 3.05) is 13.1 Å². The third kappa shape index (κ3) is 3.31. The Bertz CT molecular complexity index is 476. The molecule has 1 fully saturated rings. The molecule has 0 radical (unpaired) electrons. The highest BCUT2D eigenvalue weighted by atomic mass is 32.2. The fraction of sp³-hybridized carbons (Fsp3) is 0.538. The van der Waals surface area contributed by atoms with Crippen molar-refractivity contribution < 1.29 is 13.2 Å². The maximum atomic E-state index is 12.3. The number of rotatable bonds is 3. The molecule has 1 heterocycles. The zero-order valence-corrected chi connectivity index (χ0v) is 11.6. The van der Waals surface area contributed by atoms with Gasteiger partial charge in [0, 0.05) is 13.1 Å². The van der Waals surface area contributed by atoms with Crippen LogP contribution in [-0.4, -0.2) is 38.0 Å². The SMILES string of the molecule is C[C@H]1CN(S(=O)(=O)Cc2ccccc2)C[C@H](C)O1. The van der Waals surface area contributed by atoms with Crippen LogP contribution in [0, 0.1) is 0 Å². The first-order valence-corrected chi connectivity index (χ1v) is 7.75. The van der Waals surface area contributed by atoms with Gasteiger partial charge in [-0.15, -0.1) is 0 Å².